The standard InChI is InChI=1S/C59H58FN9O15/c1-31-35-16-17-40(52-36-26-68-43(53(36)65-41(51(35)52)23-39(31)60)22-38-37(56(68)78)29-83-57(79)59(38,2)81)66-55(77)44-27-69(44)58(80)84-28-33-12-14-34(15-13-33)63-46(71)24-62-54(76)42(21-32-9-5-3-6-10-32)64-47(72)30-82-50(75)25-61-45(70)11-7-4-8-20-67-48(73)18-19-49(67)74/h3,5-6,9-10,12-15,18-19,22-23,40,42,44,81H,4,7-8,11,16-17,20-21,24-30H2,1-2H3,(H,61,70)(H,62,76)(H,63,71)(H,64,72)(H,66,77)/t40-,42-,44-,59-,69?/m0/s1. The maximum atomic E-state index is 15.4. The van der Waals surface area contributed by atoms with Gasteiger partial charge in [0.25, 0.3) is 23.3 Å². The molecule has 1 saturated heterocycles. The van der Waals surface area contributed by atoms with Crippen LogP contribution in [-0.2, 0) is 95.6 Å². The highest BCUT2D eigenvalue weighted by Gasteiger charge is 2.47. The van der Waals surface area contributed by atoms with Crippen LogP contribution in [0.2, 0.25) is 0 Å². The van der Waals surface area contributed by atoms with Gasteiger partial charge in [-0.25, -0.2) is 19.0 Å². The van der Waals surface area contributed by atoms with Crippen LogP contribution in [0, 0.1) is 12.7 Å². The molecule has 436 valence electrons. The summed E-state index contributed by atoms with van der Waals surface area (Å²) in [5, 5.41) is 25.0. The Kier molecular flexibility index (Phi) is 16.5. The SMILES string of the molecule is Cc1c(F)cc2nc3c(c4c2c1CC[C@@H]4NC(=O)[C@@H]1CN1C(=O)OCc1ccc(NC(=O)CNC(=O)[C@H](Cc2ccccc2)NC(=O)COC(=O)CNC(=O)CCCCCN2C(=O)C=CC2=O)cc1)Cn1c-3cc2c(c1=O)COC(=O)[C@@]2(C)O. The predicted molar refractivity (Wildman–Crippen MR) is 293 cm³/mol. The van der Waals surface area contributed by atoms with Gasteiger partial charge >= 0.3 is 18.0 Å². The van der Waals surface area contributed by atoms with E-state index < -0.39 is 102 Å². The number of aromatic nitrogens is 2. The lowest BCUT2D eigenvalue weighted by Gasteiger charge is -2.30. The summed E-state index contributed by atoms with van der Waals surface area (Å²) in [6.07, 6.45) is 4.05. The Morgan fingerprint density at radius 2 is 1.61 bits per heavy atom. The summed E-state index contributed by atoms with van der Waals surface area (Å²) in [6, 6.07) is 15.3. The number of aliphatic hydroxyl groups is 1. The second-order valence-corrected chi connectivity index (χ2v) is 21.2. The van der Waals surface area contributed by atoms with Gasteiger partial charge in [-0.2, -0.15) is 0 Å². The lowest BCUT2D eigenvalue weighted by atomic mass is 9.81. The number of nitrogens with one attached hydrogen (secondary N) is 5. The zero-order valence-electron chi connectivity index (χ0n) is 45.7. The molecule has 5 aliphatic rings. The van der Waals surface area contributed by atoms with E-state index in [-0.39, 0.29) is 68.6 Å². The number of amides is 8. The van der Waals surface area contributed by atoms with E-state index in [0.29, 0.717) is 87.9 Å². The molecule has 4 atom stereocenters. The fraction of sp³-hybridized carbons (Fsp3) is 0.356. The fourth-order valence-corrected chi connectivity index (χ4v) is 10.8. The average molecular weight is 1150 g/mol. The number of benzene rings is 3. The van der Waals surface area contributed by atoms with Crippen LogP contribution in [0.1, 0.15) is 89.6 Å². The number of hydrogen-bond donors (Lipinski definition) is 6. The number of aryl methyl sites for hydroxylation is 1. The van der Waals surface area contributed by atoms with Crippen LogP contribution in [0.15, 0.2) is 83.7 Å². The molecule has 10 rings (SSSR count). The highest BCUT2D eigenvalue weighted by atomic mass is 19.1. The zero-order valence-corrected chi connectivity index (χ0v) is 45.7. The molecule has 6 N–H and O–H groups in total. The molecule has 4 aliphatic heterocycles. The van der Waals surface area contributed by atoms with Crippen molar-refractivity contribution in [3.05, 3.63) is 140 Å². The Labute approximate surface area is 478 Å². The molecule has 1 fully saturated rings. The topological polar surface area (TPSA) is 320 Å². The Balaban J connectivity index is 0.673. The van der Waals surface area contributed by atoms with Crippen molar-refractivity contribution < 1.29 is 71.7 Å². The van der Waals surface area contributed by atoms with Crippen molar-refractivity contribution in [3.8, 4) is 11.4 Å². The second kappa shape index (κ2) is 24.1. The number of unbranched alkanes of at least 4 members (excludes halogenated alkanes) is 2. The van der Waals surface area contributed by atoms with Gasteiger partial charge < -0.3 is 50.5 Å². The Hall–Kier alpha value is -9.65. The van der Waals surface area contributed by atoms with Gasteiger partial charge in [0.05, 0.1) is 48.1 Å². The van der Waals surface area contributed by atoms with Gasteiger partial charge in [-0.1, -0.05) is 48.9 Å². The maximum absolute atomic E-state index is 15.4. The molecule has 3 aromatic carbocycles. The Bertz CT molecular complexity index is 3660. The van der Waals surface area contributed by atoms with E-state index in [2.05, 4.69) is 26.6 Å². The third-order valence-electron chi connectivity index (χ3n) is 15.4. The van der Waals surface area contributed by atoms with Crippen LogP contribution >= 0.6 is 0 Å². The summed E-state index contributed by atoms with van der Waals surface area (Å²) in [6.45, 7) is 1.04. The first kappa shape index (κ1) is 57.6. The average Bonchev–Trinajstić information content (AvgIpc) is 1.48. The number of hydrogen-bond acceptors (Lipinski definition) is 16. The number of rotatable bonds is 21. The lowest BCUT2D eigenvalue weighted by molar-refractivity contribution is -0.169. The van der Waals surface area contributed by atoms with Crippen molar-refractivity contribution in [3.63, 3.8) is 0 Å². The number of nitrogens with zero attached hydrogens (tertiary/aromatic N) is 4. The van der Waals surface area contributed by atoms with E-state index in [0.717, 1.165) is 10.5 Å². The number of fused-ring (bicyclic) bond motifs is 5. The van der Waals surface area contributed by atoms with Crippen LogP contribution in [0.4, 0.5) is 14.9 Å². The van der Waals surface area contributed by atoms with Crippen molar-refractivity contribution in [2.45, 2.75) is 102 Å². The van der Waals surface area contributed by atoms with E-state index >= 15 is 4.39 Å². The number of anilines is 1. The minimum atomic E-state index is -2.10. The fourth-order valence-electron chi connectivity index (χ4n) is 10.8. The summed E-state index contributed by atoms with van der Waals surface area (Å²) < 4.78 is 32.5. The molecule has 84 heavy (non-hydrogen) atoms. The molecular weight excluding hydrogens is 1090 g/mol. The van der Waals surface area contributed by atoms with Crippen molar-refractivity contribution in [2.75, 3.05) is 38.1 Å². The number of ether oxygens (including phenoxy) is 3. The molecular formula is C59H58FN9O15. The molecule has 0 saturated carbocycles. The highest BCUT2D eigenvalue weighted by Crippen LogP contribution is 2.46. The van der Waals surface area contributed by atoms with E-state index in [9.17, 15) is 57.8 Å². The van der Waals surface area contributed by atoms with Crippen LogP contribution < -0.4 is 32.1 Å². The van der Waals surface area contributed by atoms with Crippen molar-refractivity contribution in [2.24, 2.45) is 0 Å². The maximum Gasteiger partial charge on any atom is 0.410 e. The van der Waals surface area contributed by atoms with Crippen molar-refractivity contribution in [1.82, 2.24) is 40.6 Å². The summed E-state index contributed by atoms with van der Waals surface area (Å²) >= 11 is 0. The van der Waals surface area contributed by atoms with E-state index in [1.54, 1.807) is 67.6 Å². The first-order chi connectivity index (χ1) is 40.2. The van der Waals surface area contributed by atoms with Crippen molar-refractivity contribution in [1.29, 1.82) is 0 Å². The molecule has 0 spiro atoms. The number of imide groups is 1. The molecule has 5 aromatic rings. The van der Waals surface area contributed by atoms with Gasteiger partial charge in [-0.15, -0.1) is 0 Å². The minimum Gasteiger partial charge on any atom is -0.458 e. The summed E-state index contributed by atoms with van der Waals surface area (Å²) in [5.41, 5.74) is 2.68. The smallest absolute Gasteiger partial charge is 0.410 e. The van der Waals surface area contributed by atoms with Gasteiger partial charge in [0, 0.05) is 59.8 Å². The largest absolute Gasteiger partial charge is 0.458 e. The van der Waals surface area contributed by atoms with E-state index in [4.69, 9.17) is 19.2 Å². The molecule has 25 heteroatoms. The summed E-state index contributed by atoms with van der Waals surface area (Å²) in [5.74, 6) is -6.03. The van der Waals surface area contributed by atoms with Gasteiger partial charge in [0.15, 0.2) is 12.2 Å². The van der Waals surface area contributed by atoms with E-state index in [1.807, 2.05) is 0 Å². The monoisotopic (exact) mass is 1150 g/mol. The van der Waals surface area contributed by atoms with Crippen LogP contribution in [-0.4, -0.2) is 129 Å². The summed E-state index contributed by atoms with van der Waals surface area (Å²) in [4.78, 5) is 148. The quantitative estimate of drug-likeness (QED) is 0.0198. The lowest BCUT2D eigenvalue weighted by Crippen LogP contribution is -2.50. The predicted octanol–water partition coefficient (Wildman–Crippen LogP) is 2.19. The molecule has 8 amide bonds. The first-order valence-electron chi connectivity index (χ1n) is 27.3. The minimum absolute atomic E-state index is 0.0270. The van der Waals surface area contributed by atoms with Gasteiger partial charge in [0.1, 0.15) is 37.7 Å². The highest BCUT2D eigenvalue weighted by molar-refractivity contribution is 6.12. The van der Waals surface area contributed by atoms with Crippen molar-refractivity contribution >= 4 is 76.0 Å². The third kappa shape index (κ3) is 12.3. The normalized spacial score (nSPS) is 18.2. The Morgan fingerprint density at radius 3 is 2.36 bits per heavy atom. The molecule has 2 aromatic heterocycles. The van der Waals surface area contributed by atoms with Gasteiger partial charge in [0.2, 0.25) is 23.6 Å². The zero-order chi connectivity index (χ0) is 59.6. The number of pyridine rings is 2. The number of carbonyl (C=O) groups excluding carboxylic acids is 10. The molecule has 0 unspecified atom stereocenters. The third-order valence-corrected chi connectivity index (χ3v) is 15.4. The molecule has 0 radical (unpaired) electrons. The van der Waals surface area contributed by atoms with Gasteiger partial charge in [-0.3, -0.25) is 53.0 Å². The number of halogens is 1. The number of esters is 2. The molecule has 6 heterocycles. The summed E-state index contributed by atoms with van der Waals surface area (Å²) in [7, 11) is 0. The van der Waals surface area contributed by atoms with Crippen LogP contribution in [0.5, 0.6) is 0 Å². The molecule has 24 nitrogen and oxygen atoms in total. The molecule has 1 aliphatic carbocycles. The van der Waals surface area contributed by atoms with E-state index in [1.165, 1.54) is 34.6 Å². The van der Waals surface area contributed by atoms with Crippen LogP contribution in [0.3, 0.4) is 0 Å². The molecule has 0 bridgehead atoms. The van der Waals surface area contributed by atoms with Crippen LogP contribution in [0.25, 0.3) is 22.3 Å². The number of cyclic esters (lactones) is 1. The number of carbonyl (C=O) groups is 10. The second-order valence-electron chi connectivity index (χ2n) is 21.2. The first-order valence-corrected chi connectivity index (χ1v) is 27.3. The Morgan fingerprint density at radius 1 is 0.857 bits per heavy atom. The van der Waals surface area contributed by atoms with Gasteiger partial charge in [-0.05, 0) is 85.5 Å².